The van der Waals surface area contributed by atoms with Gasteiger partial charge in [0.2, 0.25) is 11.9 Å². The number of benzene rings is 1. The molecule has 9 nitrogen and oxygen atoms in total. The lowest BCUT2D eigenvalue weighted by Gasteiger charge is -2.33. The van der Waals surface area contributed by atoms with Gasteiger partial charge >= 0.3 is 0 Å². The zero-order valence-corrected chi connectivity index (χ0v) is 18.3. The van der Waals surface area contributed by atoms with Crippen LogP contribution in [0, 0.1) is 0 Å². The number of carbonyl (C=O) groups excluding carboxylic acids is 1. The van der Waals surface area contributed by atoms with E-state index in [4.69, 9.17) is 5.73 Å². The van der Waals surface area contributed by atoms with Crippen LogP contribution in [0.4, 0.5) is 17.6 Å². The standard InChI is InChI=1S/C23H28N8O/c1-16(24)22(32)31-14-10-18(11-15-31)27-23-26-13-9-20(29-23)30(2)19-8-12-25-21(28-19)17-6-4-3-5-7-17/h3-9,12-13,16,18H,10-11,14-15,24H2,1-2H3,(H,26,27,29)/t16-/m0/s1. The molecule has 3 N–H and O–H groups in total. The van der Waals surface area contributed by atoms with Crippen LogP contribution in [-0.4, -0.2) is 63.0 Å². The number of carbonyl (C=O) groups is 1. The number of piperidine rings is 1. The van der Waals surface area contributed by atoms with Crippen LogP contribution in [0.5, 0.6) is 0 Å². The number of rotatable bonds is 6. The Hall–Kier alpha value is -3.59. The number of hydrogen-bond acceptors (Lipinski definition) is 8. The summed E-state index contributed by atoms with van der Waals surface area (Å²) in [6, 6.07) is 13.3. The molecular weight excluding hydrogens is 404 g/mol. The largest absolute Gasteiger partial charge is 0.351 e. The summed E-state index contributed by atoms with van der Waals surface area (Å²) in [6.07, 6.45) is 5.14. The second kappa shape index (κ2) is 9.69. The van der Waals surface area contributed by atoms with E-state index in [1.54, 1.807) is 19.3 Å². The zero-order chi connectivity index (χ0) is 22.5. The second-order valence-corrected chi connectivity index (χ2v) is 7.93. The molecule has 0 unspecified atom stereocenters. The van der Waals surface area contributed by atoms with Crippen molar-refractivity contribution in [2.75, 3.05) is 30.4 Å². The van der Waals surface area contributed by atoms with Gasteiger partial charge in [-0.15, -0.1) is 0 Å². The van der Waals surface area contributed by atoms with Crippen LogP contribution in [0.3, 0.4) is 0 Å². The summed E-state index contributed by atoms with van der Waals surface area (Å²) in [5, 5.41) is 3.40. The molecule has 9 heteroatoms. The van der Waals surface area contributed by atoms with Gasteiger partial charge < -0.3 is 20.9 Å². The number of nitrogens with zero attached hydrogens (tertiary/aromatic N) is 6. The first-order valence-corrected chi connectivity index (χ1v) is 10.8. The molecule has 4 rings (SSSR count). The maximum atomic E-state index is 12.1. The predicted molar refractivity (Wildman–Crippen MR) is 124 cm³/mol. The average molecular weight is 433 g/mol. The highest BCUT2D eigenvalue weighted by atomic mass is 16.2. The van der Waals surface area contributed by atoms with Gasteiger partial charge in [-0.05, 0) is 31.9 Å². The SMILES string of the molecule is C[C@H](N)C(=O)N1CCC(Nc2nccc(N(C)c3ccnc(-c4ccccc4)n3)n2)CC1. The Labute approximate surface area is 187 Å². The van der Waals surface area contributed by atoms with Gasteiger partial charge in [0.05, 0.1) is 6.04 Å². The normalized spacial score (nSPS) is 15.3. The van der Waals surface area contributed by atoms with E-state index in [1.807, 2.05) is 59.3 Å². The van der Waals surface area contributed by atoms with Gasteiger partial charge in [0.15, 0.2) is 5.82 Å². The molecule has 1 aromatic carbocycles. The lowest BCUT2D eigenvalue weighted by molar-refractivity contribution is -0.133. The van der Waals surface area contributed by atoms with Gasteiger partial charge in [0.1, 0.15) is 11.6 Å². The van der Waals surface area contributed by atoms with Crippen LogP contribution in [0.25, 0.3) is 11.4 Å². The Morgan fingerprint density at radius 3 is 2.41 bits per heavy atom. The highest BCUT2D eigenvalue weighted by Gasteiger charge is 2.25. The third-order valence-corrected chi connectivity index (χ3v) is 5.53. The average Bonchev–Trinajstić information content (AvgIpc) is 2.84. The Morgan fingerprint density at radius 1 is 1.06 bits per heavy atom. The van der Waals surface area contributed by atoms with E-state index in [9.17, 15) is 4.79 Å². The van der Waals surface area contributed by atoms with E-state index in [0.717, 1.165) is 30.0 Å². The maximum absolute atomic E-state index is 12.1. The molecule has 1 amide bonds. The van der Waals surface area contributed by atoms with Crippen molar-refractivity contribution in [2.24, 2.45) is 5.73 Å². The fourth-order valence-electron chi connectivity index (χ4n) is 3.70. The molecule has 0 radical (unpaired) electrons. The molecule has 1 atom stereocenters. The molecule has 0 aliphatic carbocycles. The molecule has 1 aliphatic rings. The molecule has 0 spiro atoms. The van der Waals surface area contributed by atoms with Gasteiger partial charge in [-0.2, -0.15) is 4.98 Å². The van der Waals surface area contributed by atoms with E-state index >= 15 is 0 Å². The summed E-state index contributed by atoms with van der Waals surface area (Å²) in [6.45, 7) is 3.09. The predicted octanol–water partition coefficient (Wildman–Crippen LogP) is 2.45. The van der Waals surface area contributed by atoms with Crippen molar-refractivity contribution < 1.29 is 4.79 Å². The lowest BCUT2D eigenvalue weighted by Crippen LogP contribution is -2.48. The number of nitrogens with one attached hydrogen (secondary N) is 1. The van der Waals surface area contributed by atoms with Gasteiger partial charge in [-0.1, -0.05) is 30.3 Å². The van der Waals surface area contributed by atoms with Crippen molar-refractivity contribution in [3.05, 3.63) is 54.9 Å². The van der Waals surface area contributed by atoms with Crippen LogP contribution in [0.15, 0.2) is 54.9 Å². The van der Waals surface area contributed by atoms with Crippen molar-refractivity contribution in [1.82, 2.24) is 24.8 Å². The number of anilines is 3. The van der Waals surface area contributed by atoms with Gasteiger partial charge in [-0.25, -0.2) is 15.0 Å². The van der Waals surface area contributed by atoms with Crippen molar-refractivity contribution in [3.8, 4) is 11.4 Å². The number of likely N-dealkylation sites (tertiary alicyclic amines) is 1. The fraction of sp³-hybridized carbons (Fsp3) is 0.348. The van der Waals surface area contributed by atoms with Crippen LogP contribution in [0.2, 0.25) is 0 Å². The van der Waals surface area contributed by atoms with Crippen LogP contribution in [0.1, 0.15) is 19.8 Å². The Balaban J connectivity index is 1.43. The molecule has 0 bridgehead atoms. The summed E-state index contributed by atoms with van der Waals surface area (Å²) < 4.78 is 0. The smallest absolute Gasteiger partial charge is 0.239 e. The van der Waals surface area contributed by atoms with E-state index in [0.29, 0.717) is 24.9 Å². The minimum atomic E-state index is -0.459. The van der Waals surface area contributed by atoms with Crippen molar-refractivity contribution in [3.63, 3.8) is 0 Å². The summed E-state index contributed by atoms with van der Waals surface area (Å²) in [5.41, 5.74) is 6.68. The molecular formula is C23H28N8O. The monoisotopic (exact) mass is 432 g/mol. The molecule has 2 aromatic heterocycles. The number of hydrogen-bond donors (Lipinski definition) is 2. The quantitative estimate of drug-likeness (QED) is 0.611. The zero-order valence-electron chi connectivity index (χ0n) is 18.3. The molecule has 1 fully saturated rings. The lowest BCUT2D eigenvalue weighted by atomic mass is 10.0. The summed E-state index contributed by atoms with van der Waals surface area (Å²) in [4.78, 5) is 33.9. The molecule has 3 heterocycles. The summed E-state index contributed by atoms with van der Waals surface area (Å²) in [7, 11) is 1.92. The molecule has 166 valence electrons. The van der Waals surface area contributed by atoms with Crippen LogP contribution < -0.4 is 16.0 Å². The highest BCUT2D eigenvalue weighted by Crippen LogP contribution is 2.23. The third-order valence-electron chi connectivity index (χ3n) is 5.53. The molecule has 3 aromatic rings. The van der Waals surface area contributed by atoms with Gasteiger partial charge in [0.25, 0.3) is 0 Å². The van der Waals surface area contributed by atoms with Crippen LogP contribution in [-0.2, 0) is 4.79 Å². The Morgan fingerprint density at radius 2 is 1.72 bits per heavy atom. The Kier molecular flexibility index (Phi) is 6.55. The fourth-order valence-corrected chi connectivity index (χ4v) is 3.70. The molecule has 32 heavy (non-hydrogen) atoms. The number of aromatic nitrogens is 4. The van der Waals surface area contributed by atoms with E-state index in [2.05, 4.69) is 25.3 Å². The third kappa shape index (κ3) is 5.00. The Bertz CT molecular complexity index is 1050. The minimum Gasteiger partial charge on any atom is -0.351 e. The minimum absolute atomic E-state index is 0.00282. The molecule has 1 aliphatic heterocycles. The number of amides is 1. The maximum Gasteiger partial charge on any atom is 0.239 e. The highest BCUT2D eigenvalue weighted by molar-refractivity contribution is 5.81. The first-order valence-electron chi connectivity index (χ1n) is 10.8. The van der Waals surface area contributed by atoms with E-state index < -0.39 is 6.04 Å². The molecule has 1 saturated heterocycles. The summed E-state index contributed by atoms with van der Waals surface area (Å²) in [5.74, 6) is 2.69. The van der Waals surface area contributed by atoms with Crippen molar-refractivity contribution in [1.29, 1.82) is 0 Å². The van der Waals surface area contributed by atoms with Crippen molar-refractivity contribution >= 4 is 23.5 Å². The second-order valence-electron chi connectivity index (χ2n) is 7.93. The first kappa shape index (κ1) is 21.6. The molecule has 0 saturated carbocycles. The van der Waals surface area contributed by atoms with E-state index in [1.165, 1.54) is 0 Å². The van der Waals surface area contributed by atoms with Gasteiger partial charge in [0, 0.05) is 44.1 Å². The topological polar surface area (TPSA) is 113 Å². The number of nitrogens with two attached hydrogens (primary N) is 1. The van der Waals surface area contributed by atoms with E-state index in [-0.39, 0.29) is 11.9 Å². The van der Waals surface area contributed by atoms with Gasteiger partial charge in [-0.3, -0.25) is 4.79 Å². The summed E-state index contributed by atoms with van der Waals surface area (Å²) >= 11 is 0. The van der Waals surface area contributed by atoms with Crippen LogP contribution >= 0.6 is 0 Å². The van der Waals surface area contributed by atoms with Crippen molar-refractivity contribution in [2.45, 2.75) is 31.8 Å². The first-order chi connectivity index (χ1) is 15.5.